The summed E-state index contributed by atoms with van der Waals surface area (Å²) in [5.41, 5.74) is 0. The van der Waals surface area contributed by atoms with Crippen LogP contribution in [0, 0.1) is 0 Å². The Hall–Kier alpha value is -0.860. The van der Waals surface area contributed by atoms with Gasteiger partial charge in [-0.15, -0.1) is 10.2 Å². The summed E-state index contributed by atoms with van der Waals surface area (Å²) < 4.78 is 2.35. The number of nitrogens with zero attached hydrogens (tertiary/aromatic N) is 3. The van der Waals surface area contributed by atoms with Crippen LogP contribution in [0.5, 0.6) is 0 Å². The van der Waals surface area contributed by atoms with Crippen molar-refractivity contribution >= 4 is 0 Å². The molecule has 0 spiro atoms. The highest BCUT2D eigenvalue weighted by molar-refractivity contribution is 4.96. The summed E-state index contributed by atoms with van der Waals surface area (Å²) in [6, 6.07) is 0. The van der Waals surface area contributed by atoms with E-state index in [0.29, 0.717) is 0 Å². The maximum absolute atomic E-state index is 4.35. The van der Waals surface area contributed by atoms with Gasteiger partial charge in [-0.3, -0.25) is 0 Å². The van der Waals surface area contributed by atoms with Crippen molar-refractivity contribution in [3.63, 3.8) is 0 Å². The minimum atomic E-state index is 0.993. The van der Waals surface area contributed by atoms with Gasteiger partial charge in [-0.2, -0.15) is 0 Å². The summed E-state index contributed by atoms with van der Waals surface area (Å²) in [7, 11) is 0. The van der Waals surface area contributed by atoms with Crippen LogP contribution in [0.2, 0.25) is 0 Å². The summed E-state index contributed by atoms with van der Waals surface area (Å²) in [4.78, 5) is 0. The third-order valence-corrected chi connectivity index (χ3v) is 3.21. The van der Waals surface area contributed by atoms with Crippen LogP contribution in [0.3, 0.4) is 0 Å². The second-order valence-electron chi connectivity index (χ2n) is 4.70. The molecule has 0 unspecified atom stereocenters. The molecule has 0 bridgehead atoms. The lowest BCUT2D eigenvalue weighted by Gasteiger charge is -2.09. The lowest BCUT2D eigenvalue weighted by molar-refractivity contribution is 0.553. The lowest BCUT2D eigenvalue weighted by Crippen LogP contribution is -2.08. The molecule has 3 nitrogen and oxygen atoms in total. The first-order chi connectivity index (χ1) is 8.33. The van der Waals surface area contributed by atoms with E-state index in [2.05, 4.69) is 35.5 Å². The van der Waals surface area contributed by atoms with Crippen molar-refractivity contribution in [3.8, 4) is 0 Å². The van der Waals surface area contributed by atoms with E-state index in [9.17, 15) is 0 Å². The Bertz CT molecular complexity index is 304. The molecule has 0 N–H and O–H groups in total. The average Bonchev–Trinajstić information content (AvgIpc) is 2.73. The van der Waals surface area contributed by atoms with Crippen molar-refractivity contribution in [2.75, 3.05) is 0 Å². The molecule has 0 radical (unpaired) electrons. The molecule has 0 saturated carbocycles. The second kappa shape index (κ2) is 8.26. The predicted molar refractivity (Wildman–Crippen MR) is 72.2 cm³/mol. The summed E-state index contributed by atoms with van der Waals surface area (Å²) >= 11 is 0. The van der Waals surface area contributed by atoms with Crippen LogP contribution in [0.15, 0.2) is 0 Å². The minimum absolute atomic E-state index is 0.993. The normalized spacial score (nSPS) is 11.0. The molecule has 0 aliphatic heterocycles. The molecule has 0 saturated heterocycles. The SMILES string of the molecule is CCCCCc1nnc(CC)n1CCCCC. The van der Waals surface area contributed by atoms with E-state index in [1.807, 2.05) is 0 Å². The zero-order valence-electron chi connectivity index (χ0n) is 11.7. The predicted octanol–water partition coefficient (Wildman–Crippen LogP) is 3.76. The van der Waals surface area contributed by atoms with Crippen LogP contribution in [0.4, 0.5) is 0 Å². The highest BCUT2D eigenvalue weighted by atomic mass is 15.3. The van der Waals surface area contributed by atoms with Crippen LogP contribution < -0.4 is 0 Å². The van der Waals surface area contributed by atoms with Gasteiger partial charge in [-0.1, -0.05) is 46.5 Å². The van der Waals surface area contributed by atoms with Gasteiger partial charge >= 0.3 is 0 Å². The molecule has 3 heteroatoms. The van der Waals surface area contributed by atoms with Gasteiger partial charge in [0, 0.05) is 19.4 Å². The molecular formula is C14H27N3. The fraction of sp³-hybridized carbons (Fsp3) is 0.857. The lowest BCUT2D eigenvalue weighted by atomic mass is 10.2. The first kappa shape index (κ1) is 14.2. The van der Waals surface area contributed by atoms with Gasteiger partial charge in [-0.05, 0) is 12.8 Å². The molecule has 0 aliphatic rings. The maximum atomic E-state index is 4.35. The summed E-state index contributed by atoms with van der Waals surface area (Å²) in [5.74, 6) is 2.36. The number of aromatic nitrogens is 3. The molecule has 0 aromatic carbocycles. The number of rotatable bonds is 9. The zero-order valence-corrected chi connectivity index (χ0v) is 11.7. The molecule has 0 amide bonds. The smallest absolute Gasteiger partial charge is 0.132 e. The molecule has 0 aliphatic carbocycles. The molecule has 0 atom stereocenters. The van der Waals surface area contributed by atoms with Crippen molar-refractivity contribution in [3.05, 3.63) is 11.6 Å². The van der Waals surface area contributed by atoms with E-state index in [-0.39, 0.29) is 0 Å². The van der Waals surface area contributed by atoms with E-state index in [4.69, 9.17) is 0 Å². The summed E-state index contributed by atoms with van der Waals surface area (Å²) in [6.45, 7) is 7.75. The Morgan fingerprint density at radius 2 is 1.47 bits per heavy atom. The van der Waals surface area contributed by atoms with E-state index >= 15 is 0 Å². The Balaban J connectivity index is 2.58. The third kappa shape index (κ3) is 4.49. The number of aryl methyl sites for hydroxylation is 2. The summed E-state index contributed by atoms with van der Waals surface area (Å²) in [5, 5.41) is 8.66. The van der Waals surface area contributed by atoms with Crippen LogP contribution in [-0.2, 0) is 19.4 Å². The number of unbranched alkanes of at least 4 members (excludes halogenated alkanes) is 4. The fourth-order valence-corrected chi connectivity index (χ4v) is 2.13. The average molecular weight is 237 g/mol. The van der Waals surface area contributed by atoms with E-state index in [0.717, 1.165) is 25.2 Å². The van der Waals surface area contributed by atoms with Gasteiger partial charge < -0.3 is 4.57 Å². The zero-order chi connectivity index (χ0) is 12.5. The van der Waals surface area contributed by atoms with Gasteiger partial charge in [0.25, 0.3) is 0 Å². The van der Waals surface area contributed by atoms with Crippen LogP contribution >= 0.6 is 0 Å². The second-order valence-corrected chi connectivity index (χ2v) is 4.70. The minimum Gasteiger partial charge on any atom is -0.315 e. The van der Waals surface area contributed by atoms with Crippen molar-refractivity contribution in [2.24, 2.45) is 0 Å². The quantitative estimate of drug-likeness (QED) is 0.612. The molecular weight excluding hydrogens is 210 g/mol. The molecule has 0 fully saturated rings. The fourth-order valence-electron chi connectivity index (χ4n) is 2.13. The standard InChI is InChI=1S/C14H27N3/c1-4-7-9-11-14-16-15-13(6-3)17(14)12-10-8-5-2/h4-12H2,1-3H3. The van der Waals surface area contributed by atoms with E-state index in [1.54, 1.807) is 0 Å². The number of hydrogen-bond acceptors (Lipinski definition) is 2. The third-order valence-electron chi connectivity index (χ3n) is 3.21. The van der Waals surface area contributed by atoms with E-state index in [1.165, 1.54) is 44.3 Å². The van der Waals surface area contributed by atoms with E-state index < -0.39 is 0 Å². The first-order valence-electron chi connectivity index (χ1n) is 7.24. The molecule has 1 aromatic heterocycles. The Labute approximate surface area is 106 Å². The highest BCUT2D eigenvalue weighted by Gasteiger charge is 2.09. The monoisotopic (exact) mass is 237 g/mol. The molecule has 1 aromatic rings. The highest BCUT2D eigenvalue weighted by Crippen LogP contribution is 2.10. The maximum Gasteiger partial charge on any atom is 0.132 e. The molecule has 1 rings (SSSR count). The van der Waals surface area contributed by atoms with Gasteiger partial charge in [0.15, 0.2) is 0 Å². The van der Waals surface area contributed by atoms with Gasteiger partial charge in [-0.25, -0.2) is 0 Å². The van der Waals surface area contributed by atoms with Gasteiger partial charge in [0.2, 0.25) is 0 Å². The first-order valence-corrected chi connectivity index (χ1v) is 7.24. The summed E-state index contributed by atoms with van der Waals surface area (Å²) in [6.07, 6.45) is 9.71. The molecule has 1 heterocycles. The Morgan fingerprint density at radius 3 is 2.12 bits per heavy atom. The van der Waals surface area contributed by atoms with Crippen molar-refractivity contribution in [1.82, 2.24) is 14.8 Å². The topological polar surface area (TPSA) is 30.7 Å². The van der Waals surface area contributed by atoms with Crippen molar-refractivity contribution in [2.45, 2.75) is 78.7 Å². The van der Waals surface area contributed by atoms with Crippen LogP contribution in [-0.4, -0.2) is 14.8 Å². The molecule has 17 heavy (non-hydrogen) atoms. The van der Waals surface area contributed by atoms with Crippen LogP contribution in [0.1, 0.15) is 70.9 Å². The Kier molecular flexibility index (Phi) is 6.90. The largest absolute Gasteiger partial charge is 0.315 e. The Morgan fingerprint density at radius 1 is 0.824 bits per heavy atom. The number of hydrogen-bond donors (Lipinski definition) is 0. The van der Waals surface area contributed by atoms with Gasteiger partial charge in [0.1, 0.15) is 11.6 Å². The van der Waals surface area contributed by atoms with Crippen molar-refractivity contribution < 1.29 is 0 Å². The molecule has 98 valence electrons. The van der Waals surface area contributed by atoms with Crippen molar-refractivity contribution in [1.29, 1.82) is 0 Å². The van der Waals surface area contributed by atoms with Crippen LogP contribution in [0.25, 0.3) is 0 Å². The van der Waals surface area contributed by atoms with Gasteiger partial charge in [0.05, 0.1) is 0 Å².